The molecule has 2 rings (SSSR count). The Labute approximate surface area is 139 Å². The summed E-state index contributed by atoms with van der Waals surface area (Å²) >= 11 is 16.3. The molecule has 106 valence electrons. The topological polar surface area (TPSA) is 0 Å². The van der Waals surface area contributed by atoms with Crippen LogP contribution in [0.25, 0.3) is 0 Å². The summed E-state index contributed by atoms with van der Waals surface area (Å²) in [5.41, 5.74) is 4.91. The monoisotopic (exact) mass is 370 g/mol. The largest absolute Gasteiger partial charge is 0.0839 e. The van der Waals surface area contributed by atoms with Crippen LogP contribution in [0.4, 0.5) is 0 Å². The minimum absolute atomic E-state index is 0.0138. The van der Waals surface area contributed by atoms with E-state index in [0.717, 1.165) is 18.4 Å². The molecular weight excluding hydrogens is 355 g/mol. The van der Waals surface area contributed by atoms with Crippen molar-refractivity contribution in [3.63, 3.8) is 0 Å². The Morgan fingerprint density at radius 3 is 2.10 bits per heavy atom. The molecular formula is C17H17BrCl2. The molecule has 0 aliphatic carbocycles. The first kappa shape index (κ1) is 15.9. The second kappa shape index (κ2) is 6.98. The molecule has 3 heteroatoms. The highest BCUT2D eigenvalue weighted by atomic mass is 79.9. The molecule has 0 aliphatic rings. The Morgan fingerprint density at radius 2 is 1.55 bits per heavy atom. The van der Waals surface area contributed by atoms with E-state index in [1.807, 2.05) is 18.2 Å². The van der Waals surface area contributed by atoms with Crippen LogP contribution in [0.1, 0.15) is 40.9 Å². The SMILES string of the molecule is CCc1ccc(C(Br)c2c(Cl)cccc2Cl)cc1CC. The van der Waals surface area contributed by atoms with Gasteiger partial charge < -0.3 is 0 Å². The molecule has 0 radical (unpaired) electrons. The van der Waals surface area contributed by atoms with Gasteiger partial charge in [-0.05, 0) is 41.7 Å². The molecule has 2 aromatic carbocycles. The van der Waals surface area contributed by atoms with Gasteiger partial charge in [0.05, 0.1) is 4.83 Å². The minimum Gasteiger partial charge on any atom is -0.0839 e. The zero-order chi connectivity index (χ0) is 14.7. The van der Waals surface area contributed by atoms with Gasteiger partial charge in [0.2, 0.25) is 0 Å². The third-order valence-corrected chi connectivity index (χ3v) is 5.18. The highest BCUT2D eigenvalue weighted by Crippen LogP contribution is 2.40. The van der Waals surface area contributed by atoms with E-state index in [2.05, 4.69) is 48.0 Å². The molecule has 0 saturated carbocycles. The van der Waals surface area contributed by atoms with Crippen LogP contribution in [0.15, 0.2) is 36.4 Å². The zero-order valence-electron chi connectivity index (χ0n) is 11.6. The van der Waals surface area contributed by atoms with Crippen LogP contribution in [0.3, 0.4) is 0 Å². The van der Waals surface area contributed by atoms with Crippen molar-refractivity contribution in [1.29, 1.82) is 0 Å². The first-order valence-corrected chi connectivity index (χ1v) is 8.45. The molecule has 0 amide bonds. The van der Waals surface area contributed by atoms with Gasteiger partial charge in [0.15, 0.2) is 0 Å². The molecule has 20 heavy (non-hydrogen) atoms. The van der Waals surface area contributed by atoms with Crippen LogP contribution >= 0.6 is 39.1 Å². The molecule has 0 saturated heterocycles. The maximum Gasteiger partial charge on any atom is 0.0674 e. The Bertz CT molecular complexity index is 588. The quantitative estimate of drug-likeness (QED) is 0.531. The van der Waals surface area contributed by atoms with Crippen molar-refractivity contribution in [2.75, 3.05) is 0 Å². The van der Waals surface area contributed by atoms with Crippen LogP contribution in [0.5, 0.6) is 0 Å². The van der Waals surface area contributed by atoms with E-state index < -0.39 is 0 Å². The Balaban J connectivity index is 2.46. The van der Waals surface area contributed by atoms with E-state index >= 15 is 0 Å². The number of alkyl halides is 1. The van der Waals surface area contributed by atoms with Crippen molar-refractivity contribution in [2.24, 2.45) is 0 Å². The van der Waals surface area contributed by atoms with Crippen LogP contribution in [-0.4, -0.2) is 0 Å². The molecule has 0 aliphatic heterocycles. The van der Waals surface area contributed by atoms with Gasteiger partial charge >= 0.3 is 0 Å². The van der Waals surface area contributed by atoms with Crippen molar-refractivity contribution >= 4 is 39.1 Å². The summed E-state index contributed by atoms with van der Waals surface area (Å²) in [7, 11) is 0. The van der Waals surface area contributed by atoms with Crippen LogP contribution in [0.2, 0.25) is 10.0 Å². The lowest BCUT2D eigenvalue weighted by Gasteiger charge is -2.16. The van der Waals surface area contributed by atoms with E-state index in [1.165, 1.54) is 16.7 Å². The van der Waals surface area contributed by atoms with Gasteiger partial charge in [-0.3, -0.25) is 0 Å². The molecule has 0 spiro atoms. The lowest BCUT2D eigenvalue weighted by molar-refractivity contribution is 1.02. The fourth-order valence-electron chi connectivity index (χ4n) is 2.40. The normalized spacial score (nSPS) is 12.4. The number of rotatable bonds is 4. The van der Waals surface area contributed by atoms with Crippen LogP contribution in [-0.2, 0) is 12.8 Å². The van der Waals surface area contributed by atoms with Crippen LogP contribution < -0.4 is 0 Å². The molecule has 0 N–H and O–H groups in total. The number of aryl methyl sites for hydroxylation is 2. The Kier molecular flexibility index (Phi) is 5.54. The first-order chi connectivity index (χ1) is 9.58. The number of hydrogen-bond acceptors (Lipinski definition) is 0. The van der Waals surface area contributed by atoms with Gasteiger partial charge in [-0.25, -0.2) is 0 Å². The number of hydrogen-bond donors (Lipinski definition) is 0. The van der Waals surface area contributed by atoms with Crippen molar-refractivity contribution in [3.05, 3.63) is 68.7 Å². The van der Waals surface area contributed by atoms with E-state index in [0.29, 0.717) is 10.0 Å². The second-order valence-corrected chi connectivity index (χ2v) is 6.46. The van der Waals surface area contributed by atoms with Crippen molar-refractivity contribution in [1.82, 2.24) is 0 Å². The van der Waals surface area contributed by atoms with E-state index in [9.17, 15) is 0 Å². The summed E-state index contributed by atoms with van der Waals surface area (Å²) < 4.78 is 0. The van der Waals surface area contributed by atoms with Crippen molar-refractivity contribution < 1.29 is 0 Å². The summed E-state index contributed by atoms with van der Waals surface area (Å²) in [4.78, 5) is 0.0138. The van der Waals surface area contributed by atoms with Crippen LogP contribution in [0, 0.1) is 0 Å². The predicted octanol–water partition coefficient (Wildman–Crippen LogP) is 6.60. The van der Waals surface area contributed by atoms with Gasteiger partial charge in [-0.15, -0.1) is 0 Å². The highest BCUT2D eigenvalue weighted by Gasteiger charge is 2.17. The number of benzene rings is 2. The minimum atomic E-state index is 0.0138. The summed E-state index contributed by atoms with van der Waals surface area (Å²) in [5, 5.41) is 1.38. The summed E-state index contributed by atoms with van der Waals surface area (Å²) in [6.07, 6.45) is 2.09. The van der Waals surface area contributed by atoms with Gasteiger partial charge in [0, 0.05) is 15.6 Å². The average molecular weight is 372 g/mol. The molecule has 0 fully saturated rings. The fourth-order valence-corrected chi connectivity index (χ4v) is 4.05. The molecule has 0 bridgehead atoms. The van der Waals surface area contributed by atoms with E-state index in [-0.39, 0.29) is 4.83 Å². The standard InChI is InChI=1S/C17H17BrCl2/c1-3-11-8-9-13(10-12(11)4-2)17(18)16-14(19)6-5-7-15(16)20/h5-10,17H,3-4H2,1-2H3. The predicted molar refractivity (Wildman–Crippen MR) is 92.4 cm³/mol. The van der Waals surface area contributed by atoms with Gasteiger partial charge in [0.25, 0.3) is 0 Å². The Morgan fingerprint density at radius 1 is 0.950 bits per heavy atom. The molecule has 1 unspecified atom stereocenters. The first-order valence-electron chi connectivity index (χ1n) is 6.78. The molecule has 0 aromatic heterocycles. The fraction of sp³-hybridized carbons (Fsp3) is 0.294. The van der Waals surface area contributed by atoms with Crippen molar-refractivity contribution in [3.8, 4) is 0 Å². The van der Waals surface area contributed by atoms with Gasteiger partial charge in [-0.1, -0.05) is 77.2 Å². The van der Waals surface area contributed by atoms with Gasteiger partial charge in [0.1, 0.15) is 0 Å². The highest BCUT2D eigenvalue weighted by molar-refractivity contribution is 9.09. The Hall–Kier alpha value is -0.500. The van der Waals surface area contributed by atoms with E-state index in [4.69, 9.17) is 23.2 Å². The summed E-state index contributed by atoms with van der Waals surface area (Å²) in [6, 6.07) is 12.2. The molecule has 0 nitrogen and oxygen atoms in total. The molecule has 0 heterocycles. The molecule has 1 atom stereocenters. The lowest BCUT2D eigenvalue weighted by Crippen LogP contribution is -1.99. The third-order valence-electron chi connectivity index (χ3n) is 3.54. The lowest BCUT2D eigenvalue weighted by atomic mass is 9.96. The van der Waals surface area contributed by atoms with Crippen molar-refractivity contribution in [2.45, 2.75) is 31.5 Å². The average Bonchev–Trinajstić information content (AvgIpc) is 2.46. The summed E-state index contributed by atoms with van der Waals surface area (Å²) in [6.45, 7) is 4.37. The van der Waals surface area contributed by atoms with E-state index in [1.54, 1.807) is 0 Å². The van der Waals surface area contributed by atoms with Gasteiger partial charge in [-0.2, -0.15) is 0 Å². The maximum atomic E-state index is 6.29. The second-order valence-electron chi connectivity index (χ2n) is 4.73. The summed E-state index contributed by atoms with van der Waals surface area (Å²) in [5.74, 6) is 0. The zero-order valence-corrected chi connectivity index (χ0v) is 14.7. The maximum absolute atomic E-state index is 6.29. The molecule has 2 aromatic rings. The third kappa shape index (κ3) is 3.21. The number of halogens is 3. The smallest absolute Gasteiger partial charge is 0.0674 e.